The molecule has 2 fully saturated rings. The number of pyridine rings is 1. The Morgan fingerprint density at radius 1 is 1.32 bits per heavy atom. The molecule has 0 aliphatic carbocycles. The van der Waals surface area contributed by atoms with Crippen molar-refractivity contribution < 1.29 is 14.6 Å². The molecule has 0 spiro atoms. The predicted octanol–water partition coefficient (Wildman–Crippen LogP) is 1.79. The molecular formula is C19H29N3O3. The zero-order valence-corrected chi connectivity index (χ0v) is 15.1. The number of nitrogens with zero attached hydrogens (tertiary/aromatic N) is 3. The van der Waals surface area contributed by atoms with Crippen LogP contribution < -0.4 is 4.74 Å². The standard InChI is InChI=1S/C19H29N3O3/c1-2-25-18-17(6-3-9-20-18)19(24)22-10-4-5-16(13-22)21-11-7-15(14-23)8-12-21/h3,6,9,15-16,23H,2,4-5,7-8,10-14H2,1H3/t16-/m1/s1. The Balaban J connectivity index is 1.64. The van der Waals surface area contributed by atoms with E-state index in [9.17, 15) is 9.90 Å². The number of hydrogen-bond acceptors (Lipinski definition) is 5. The van der Waals surface area contributed by atoms with E-state index in [0.29, 0.717) is 36.6 Å². The van der Waals surface area contributed by atoms with Crippen molar-refractivity contribution in [2.24, 2.45) is 5.92 Å². The Bertz CT molecular complexity index is 573. The van der Waals surface area contributed by atoms with Gasteiger partial charge in [0.2, 0.25) is 5.88 Å². The Hall–Kier alpha value is -1.66. The van der Waals surface area contributed by atoms with Gasteiger partial charge in [-0.2, -0.15) is 0 Å². The van der Waals surface area contributed by atoms with Gasteiger partial charge in [0.1, 0.15) is 5.56 Å². The average molecular weight is 347 g/mol. The number of carbonyl (C=O) groups excluding carboxylic acids is 1. The first-order chi connectivity index (χ1) is 12.2. The number of piperidine rings is 2. The van der Waals surface area contributed by atoms with E-state index in [1.807, 2.05) is 11.8 Å². The second-order valence-electron chi connectivity index (χ2n) is 7.00. The molecule has 0 aromatic carbocycles. The molecule has 0 radical (unpaired) electrons. The summed E-state index contributed by atoms with van der Waals surface area (Å²) < 4.78 is 5.52. The van der Waals surface area contributed by atoms with Crippen LogP contribution in [0.4, 0.5) is 0 Å². The summed E-state index contributed by atoms with van der Waals surface area (Å²) in [6.07, 6.45) is 5.93. The van der Waals surface area contributed by atoms with Crippen molar-refractivity contribution in [2.75, 3.05) is 39.4 Å². The fraction of sp³-hybridized carbons (Fsp3) is 0.684. The van der Waals surface area contributed by atoms with Crippen molar-refractivity contribution in [3.63, 3.8) is 0 Å². The molecule has 2 aliphatic heterocycles. The molecule has 2 aliphatic rings. The first-order valence-corrected chi connectivity index (χ1v) is 9.45. The van der Waals surface area contributed by atoms with Gasteiger partial charge < -0.3 is 14.7 Å². The SMILES string of the molecule is CCOc1ncccc1C(=O)N1CCC[C@@H](N2CCC(CO)CC2)C1. The van der Waals surface area contributed by atoms with E-state index in [-0.39, 0.29) is 5.91 Å². The minimum absolute atomic E-state index is 0.0199. The minimum Gasteiger partial charge on any atom is -0.477 e. The molecule has 6 heteroatoms. The van der Waals surface area contributed by atoms with E-state index in [4.69, 9.17) is 4.74 Å². The monoisotopic (exact) mass is 347 g/mol. The summed E-state index contributed by atoms with van der Waals surface area (Å²) in [5.41, 5.74) is 0.559. The highest BCUT2D eigenvalue weighted by molar-refractivity contribution is 5.96. The average Bonchev–Trinajstić information content (AvgIpc) is 2.68. The molecule has 3 heterocycles. The van der Waals surface area contributed by atoms with Crippen molar-refractivity contribution in [1.29, 1.82) is 0 Å². The van der Waals surface area contributed by atoms with Gasteiger partial charge in [-0.05, 0) is 63.7 Å². The van der Waals surface area contributed by atoms with Crippen LogP contribution >= 0.6 is 0 Å². The highest BCUT2D eigenvalue weighted by atomic mass is 16.5. The van der Waals surface area contributed by atoms with E-state index in [1.165, 1.54) is 0 Å². The third-order valence-electron chi connectivity index (χ3n) is 5.39. The minimum atomic E-state index is 0.0199. The normalized spacial score (nSPS) is 22.8. The van der Waals surface area contributed by atoms with E-state index >= 15 is 0 Å². The second kappa shape index (κ2) is 8.63. The van der Waals surface area contributed by atoms with Crippen LogP contribution in [0.15, 0.2) is 18.3 Å². The molecule has 6 nitrogen and oxygen atoms in total. The Morgan fingerprint density at radius 3 is 2.84 bits per heavy atom. The smallest absolute Gasteiger partial charge is 0.259 e. The molecule has 1 amide bonds. The maximum atomic E-state index is 13.0. The maximum absolute atomic E-state index is 13.0. The molecule has 25 heavy (non-hydrogen) atoms. The fourth-order valence-corrected chi connectivity index (χ4v) is 3.91. The van der Waals surface area contributed by atoms with Gasteiger partial charge in [-0.3, -0.25) is 9.69 Å². The number of aromatic nitrogens is 1. The van der Waals surface area contributed by atoms with E-state index in [1.54, 1.807) is 18.3 Å². The number of aliphatic hydroxyl groups is 1. The summed E-state index contributed by atoms with van der Waals surface area (Å²) >= 11 is 0. The number of ether oxygens (including phenoxy) is 1. The number of aliphatic hydroxyl groups excluding tert-OH is 1. The number of amides is 1. The van der Waals surface area contributed by atoms with Crippen LogP contribution in [-0.4, -0.2) is 71.2 Å². The fourth-order valence-electron chi connectivity index (χ4n) is 3.91. The molecule has 1 atom stereocenters. The summed E-state index contributed by atoms with van der Waals surface area (Å²) in [6.45, 7) is 6.30. The van der Waals surface area contributed by atoms with Crippen molar-refractivity contribution in [3.05, 3.63) is 23.9 Å². The molecule has 1 aromatic heterocycles. The predicted molar refractivity (Wildman–Crippen MR) is 95.7 cm³/mol. The van der Waals surface area contributed by atoms with Crippen LogP contribution in [0.25, 0.3) is 0 Å². The lowest BCUT2D eigenvalue weighted by atomic mass is 9.94. The summed E-state index contributed by atoms with van der Waals surface area (Å²) in [5, 5.41) is 9.31. The van der Waals surface area contributed by atoms with Crippen molar-refractivity contribution in [2.45, 2.75) is 38.6 Å². The molecule has 2 saturated heterocycles. The molecule has 138 valence electrons. The van der Waals surface area contributed by atoms with Gasteiger partial charge in [0.15, 0.2) is 0 Å². The number of carbonyl (C=O) groups is 1. The summed E-state index contributed by atoms with van der Waals surface area (Å²) in [4.78, 5) is 21.6. The number of likely N-dealkylation sites (tertiary alicyclic amines) is 2. The lowest BCUT2D eigenvalue weighted by molar-refractivity contribution is 0.0443. The first kappa shape index (κ1) is 18.1. The molecule has 0 bridgehead atoms. The Labute approximate surface area is 149 Å². The highest BCUT2D eigenvalue weighted by Gasteiger charge is 2.31. The van der Waals surface area contributed by atoms with Crippen LogP contribution in [0, 0.1) is 5.92 Å². The Morgan fingerprint density at radius 2 is 2.12 bits per heavy atom. The van der Waals surface area contributed by atoms with Gasteiger partial charge >= 0.3 is 0 Å². The zero-order chi connectivity index (χ0) is 17.6. The van der Waals surface area contributed by atoms with Crippen molar-refractivity contribution in [3.8, 4) is 5.88 Å². The van der Waals surface area contributed by atoms with Gasteiger partial charge in [-0.25, -0.2) is 4.98 Å². The van der Waals surface area contributed by atoms with E-state index in [0.717, 1.165) is 51.9 Å². The van der Waals surface area contributed by atoms with Crippen LogP contribution in [-0.2, 0) is 0 Å². The largest absolute Gasteiger partial charge is 0.477 e. The Kier molecular flexibility index (Phi) is 6.26. The zero-order valence-electron chi connectivity index (χ0n) is 15.1. The van der Waals surface area contributed by atoms with Crippen molar-refractivity contribution in [1.82, 2.24) is 14.8 Å². The first-order valence-electron chi connectivity index (χ1n) is 9.45. The van der Waals surface area contributed by atoms with Gasteiger partial charge in [0.25, 0.3) is 5.91 Å². The van der Waals surface area contributed by atoms with Gasteiger partial charge in [-0.15, -0.1) is 0 Å². The van der Waals surface area contributed by atoms with Crippen LogP contribution in [0.2, 0.25) is 0 Å². The van der Waals surface area contributed by atoms with E-state index < -0.39 is 0 Å². The molecular weight excluding hydrogens is 318 g/mol. The number of hydrogen-bond donors (Lipinski definition) is 1. The topological polar surface area (TPSA) is 65.9 Å². The van der Waals surface area contributed by atoms with Gasteiger partial charge in [0.05, 0.1) is 6.61 Å². The molecule has 1 aromatic rings. The van der Waals surface area contributed by atoms with Gasteiger partial charge in [0, 0.05) is 31.9 Å². The van der Waals surface area contributed by atoms with Crippen LogP contribution in [0.1, 0.15) is 43.0 Å². The quantitative estimate of drug-likeness (QED) is 0.880. The van der Waals surface area contributed by atoms with Crippen LogP contribution in [0.3, 0.4) is 0 Å². The molecule has 0 unspecified atom stereocenters. The van der Waals surface area contributed by atoms with Crippen molar-refractivity contribution >= 4 is 5.91 Å². The molecule has 1 N–H and O–H groups in total. The van der Waals surface area contributed by atoms with Crippen LogP contribution in [0.5, 0.6) is 5.88 Å². The molecule has 3 rings (SSSR count). The lowest BCUT2D eigenvalue weighted by Crippen LogP contribution is -2.52. The van der Waals surface area contributed by atoms with Gasteiger partial charge in [-0.1, -0.05) is 0 Å². The summed E-state index contributed by atoms with van der Waals surface area (Å²) in [5.74, 6) is 0.897. The molecule has 0 saturated carbocycles. The third-order valence-corrected chi connectivity index (χ3v) is 5.39. The third kappa shape index (κ3) is 4.30. The summed E-state index contributed by atoms with van der Waals surface area (Å²) in [6, 6.07) is 4.01. The lowest BCUT2D eigenvalue weighted by Gasteiger charge is -2.42. The maximum Gasteiger partial charge on any atom is 0.259 e. The second-order valence-corrected chi connectivity index (χ2v) is 7.00. The van der Waals surface area contributed by atoms with E-state index in [2.05, 4.69) is 9.88 Å². The highest BCUT2D eigenvalue weighted by Crippen LogP contribution is 2.25. The summed E-state index contributed by atoms with van der Waals surface area (Å²) in [7, 11) is 0. The number of rotatable bonds is 5.